The van der Waals surface area contributed by atoms with E-state index in [4.69, 9.17) is 10.5 Å². The maximum atomic E-state index is 10.2. The fourth-order valence-electron chi connectivity index (χ4n) is 1.40. The van der Waals surface area contributed by atoms with Crippen LogP contribution in [-0.2, 0) is 9.47 Å². The monoisotopic (exact) mass is 188 g/mol. The predicted molar refractivity (Wildman–Crippen MR) is 47.4 cm³/mol. The molecule has 1 heterocycles. The SMILES string of the molecule is CC1OCCC1NCCOC(N)=O. The van der Waals surface area contributed by atoms with Crippen LogP contribution in [0.3, 0.4) is 0 Å². The van der Waals surface area contributed by atoms with Crippen molar-refractivity contribution in [2.75, 3.05) is 19.8 Å². The fourth-order valence-corrected chi connectivity index (χ4v) is 1.40. The molecule has 76 valence electrons. The van der Waals surface area contributed by atoms with Gasteiger partial charge in [0, 0.05) is 19.2 Å². The quantitative estimate of drug-likeness (QED) is 0.602. The molecular weight excluding hydrogens is 172 g/mol. The first kappa shape index (κ1) is 10.3. The van der Waals surface area contributed by atoms with Gasteiger partial charge in [-0.25, -0.2) is 4.79 Å². The lowest BCUT2D eigenvalue weighted by Gasteiger charge is -2.15. The molecule has 1 aliphatic heterocycles. The molecule has 5 heteroatoms. The van der Waals surface area contributed by atoms with E-state index >= 15 is 0 Å². The average molecular weight is 188 g/mol. The molecule has 0 bridgehead atoms. The summed E-state index contributed by atoms with van der Waals surface area (Å²) >= 11 is 0. The van der Waals surface area contributed by atoms with Crippen LogP contribution in [-0.4, -0.2) is 38.0 Å². The summed E-state index contributed by atoms with van der Waals surface area (Å²) in [7, 11) is 0. The van der Waals surface area contributed by atoms with Crippen LogP contribution < -0.4 is 11.1 Å². The molecule has 3 N–H and O–H groups in total. The molecule has 2 atom stereocenters. The van der Waals surface area contributed by atoms with E-state index in [9.17, 15) is 4.79 Å². The molecule has 5 nitrogen and oxygen atoms in total. The van der Waals surface area contributed by atoms with Gasteiger partial charge in [-0.1, -0.05) is 0 Å². The second-order valence-electron chi connectivity index (χ2n) is 3.09. The van der Waals surface area contributed by atoms with E-state index in [0.717, 1.165) is 13.0 Å². The molecule has 0 aromatic rings. The Bertz CT molecular complexity index is 175. The number of carbonyl (C=O) groups excluding carboxylic acids is 1. The molecular formula is C8H16N2O3. The zero-order valence-corrected chi connectivity index (χ0v) is 7.79. The smallest absolute Gasteiger partial charge is 0.404 e. The lowest BCUT2D eigenvalue weighted by atomic mass is 10.1. The van der Waals surface area contributed by atoms with E-state index in [1.807, 2.05) is 6.92 Å². The van der Waals surface area contributed by atoms with Gasteiger partial charge in [-0.2, -0.15) is 0 Å². The van der Waals surface area contributed by atoms with Crippen LogP contribution in [0.1, 0.15) is 13.3 Å². The van der Waals surface area contributed by atoms with Crippen molar-refractivity contribution < 1.29 is 14.3 Å². The van der Waals surface area contributed by atoms with Crippen LogP contribution in [0.25, 0.3) is 0 Å². The number of hydrogen-bond donors (Lipinski definition) is 2. The fraction of sp³-hybridized carbons (Fsp3) is 0.875. The van der Waals surface area contributed by atoms with Gasteiger partial charge in [0.2, 0.25) is 0 Å². The second kappa shape index (κ2) is 5.04. The largest absolute Gasteiger partial charge is 0.448 e. The molecule has 1 aliphatic rings. The van der Waals surface area contributed by atoms with Gasteiger partial charge >= 0.3 is 6.09 Å². The minimum Gasteiger partial charge on any atom is -0.448 e. The lowest BCUT2D eigenvalue weighted by Crippen LogP contribution is -2.37. The van der Waals surface area contributed by atoms with Crippen LogP contribution >= 0.6 is 0 Å². The maximum absolute atomic E-state index is 10.2. The van der Waals surface area contributed by atoms with Crippen molar-refractivity contribution in [2.24, 2.45) is 5.73 Å². The molecule has 13 heavy (non-hydrogen) atoms. The highest BCUT2D eigenvalue weighted by Crippen LogP contribution is 2.11. The minimum atomic E-state index is -0.725. The Morgan fingerprint density at radius 3 is 3.08 bits per heavy atom. The van der Waals surface area contributed by atoms with Crippen LogP contribution in [0.5, 0.6) is 0 Å². The number of hydrogen-bond acceptors (Lipinski definition) is 4. The first-order valence-corrected chi connectivity index (χ1v) is 4.47. The molecule has 1 saturated heterocycles. The highest BCUT2D eigenvalue weighted by molar-refractivity contribution is 5.64. The van der Waals surface area contributed by atoms with Gasteiger partial charge in [0.05, 0.1) is 6.10 Å². The minimum absolute atomic E-state index is 0.244. The Kier molecular flexibility index (Phi) is 3.98. The first-order valence-electron chi connectivity index (χ1n) is 4.47. The van der Waals surface area contributed by atoms with Gasteiger partial charge in [0.25, 0.3) is 0 Å². The lowest BCUT2D eigenvalue weighted by molar-refractivity contribution is 0.110. The number of carbonyl (C=O) groups is 1. The molecule has 2 unspecified atom stereocenters. The van der Waals surface area contributed by atoms with Crippen molar-refractivity contribution in [3.8, 4) is 0 Å². The third-order valence-electron chi connectivity index (χ3n) is 2.13. The second-order valence-corrected chi connectivity index (χ2v) is 3.09. The molecule has 1 amide bonds. The summed E-state index contributed by atoms with van der Waals surface area (Å²) in [6, 6.07) is 0.372. The standard InChI is InChI=1S/C8H16N2O3/c1-6-7(2-4-12-6)10-3-5-13-8(9)11/h6-7,10H,2-5H2,1H3,(H2,9,11). The summed E-state index contributed by atoms with van der Waals surface area (Å²) < 4.78 is 9.92. The Morgan fingerprint density at radius 1 is 1.77 bits per heavy atom. The third-order valence-corrected chi connectivity index (χ3v) is 2.13. The van der Waals surface area contributed by atoms with Crippen molar-refractivity contribution in [3.63, 3.8) is 0 Å². The molecule has 0 aromatic carbocycles. The Labute approximate surface area is 77.6 Å². The number of rotatable bonds is 4. The van der Waals surface area contributed by atoms with Gasteiger partial charge in [-0.05, 0) is 13.3 Å². The predicted octanol–water partition coefficient (Wildman–Crippen LogP) is -0.151. The summed E-state index contributed by atoms with van der Waals surface area (Å²) in [4.78, 5) is 10.2. The number of nitrogens with two attached hydrogens (primary N) is 1. The van der Waals surface area contributed by atoms with Crippen molar-refractivity contribution in [3.05, 3.63) is 0 Å². The summed E-state index contributed by atoms with van der Waals surface area (Å²) in [6.45, 7) is 3.77. The first-order chi connectivity index (χ1) is 6.20. The molecule has 0 saturated carbocycles. The summed E-state index contributed by atoms with van der Waals surface area (Å²) in [6.07, 6.45) is 0.531. The molecule has 0 radical (unpaired) electrons. The van der Waals surface area contributed by atoms with E-state index in [0.29, 0.717) is 19.2 Å². The summed E-state index contributed by atoms with van der Waals surface area (Å²) in [5, 5.41) is 3.23. The molecule has 1 rings (SSSR count). The van der Waals surface area contributed by atoms with E-state index in [1.165, 1.54) is 0 Å². The van der Waals surface area contributed by atoms with Crippen molar-refractivity contribution in [2.45, 2.75) is 25.5 Å². The maximum Gasteiger partial charge on any atom is 0.404 e. The number of nitrogens with one attached hydrogen (secondary N) is 1. The highest BCUT2D eigenvalue weighted by atomic mass is 16.5. The van der Waals surface area contributed by atoms with Crippen molar-refractivity contribution in [1.29, 1.82) is 0 Å². The van der Waals surface area contributed by atoms with Crippen LogP contribution in [0.4, 0.5) is 4.79 Å². The van der Waals surface area contributed by atoms with Gasteiger partial charge in [-0.3, -0.25) is 0 Å². The van der Waals surface area contributed by atoms with Crippen molar-refractivity contribution >= 4 is 6.09 Å². The van der Waals surface area contributed by atoms with Gasteiger partial charge in [0.15, 0.2) is 0 Å². The number of primary amides is 1. The molecule has 0 aliphatic carbocycles. The summed E-state index contributed by atoms with van der Waals surface area (Å²) in [5.74, 6) is 0. The number of amides is 1. The van der Waals surface area contributed by atoms with E-state index in [1.54, 1.807) is 0 Å². The van der Waals surface area contributed by atoms with Gasteiger partial charge in [0.1, 0.15) is 6.61 Å². The van der Waals surface area contributed by atoms with Crippen LogP contribution in [0, 0.1) is 0 Å². The topological polar surface area (TPSA) is 73.6 Å². The van der Waals surface area contributed by atoms with Gasteiger partial charge < -0.3 is 20.5 Å². The van der Waals surface area contributed by atoms with Crippen LogP contribution in [0.15, 0.2) is 0 Å². The Hall–Kier alpha value is -0.810. The van der Waals surface area contributed by atoms with E-state index in [-0.39, 0.29) is 6.10 Å². The zero-order chi connectivity index (χ0) is 9.68. The van der Waals surface area contributed by atoms with E-state index in [2.05, 4.69) is 10.1 Å². The molecule has 0 aromatic heterocycles. The third kappa shape index (κ3) is 3.61. The van der Waals surface area contributed by atoms with Crippen molar-refractivity contribution in [1.82, 2.24) is 5.32 Å². The van der Waals surface area contributed by atoms with Crippen LogP contribution in [0.2, 0.25) is 0 Å². The van der Waals surface area contributed by atoms with E-state index < -0.39 is 6.09 Å². The Morgan fingerprint density at radius 2 is 2.54 bits per heavy atom. The normalized spacial score (nSPS) is 27.5. The zero-order valence-electron chi connectivity index (χ0n) is 7.79. The highest BCUT2D eigenvalue weighted by Gasteiger charge is 2.22. The summed E-state index contributed by atoms with van der Waals surface area (Å²) in [5.41, 5.74) is 4.80. The molecule has 1 fully saturated rings. The average Bonchev–Trinajstić information content (AvgIpc) is 2.45. The number of ether oxygens (including phenoxy) is 2. The molecule has 0 spiro atoms. The Balaban J connectivity index is 2.02. The van der Waals surface area contributed by atoms with Gasteiger partial charge in [-0.15, -0.1) is 0 Å².